The van der Waals surface area contributed by atoms with E-state index in [9.17, 15) is 41.3 Å². The minimum atomic E-state index is -5.13. The number of nitrogens with one attached hydrogen (secondary N) is 1. The second-order valence-corrected chi connectivity index (χ2v) is 6.36. The van der Waals surface area contributed by atoms with Gasteiger partial charge in [-0.1, -0.05) is 11.6 Å². The van der Waals surface area contributed by atoms with Gasteiger partial charge in [0.2, 0.25) is 5.88 Å². The average Bonchev–Trinajstić information content (AvgIpc) is 2.66. The van der Waals surface area contributed by atoms with Crippen LogP contribution < -0.4 is 10.1 Å². The van der Waals surface area contributed by atoms with Crippen molar-refractivity contribution < 1.29 is 40.8 Å². The van der Waals surface area contributed by atoms with E-state index in [2.05, 4.69) is 10.3 Å². The van der Waals surface area contributed by atoms with Crippen molar-refractivity contribution in [2.75, 3.05) is 13.2 Å². The van der Waals surface area contributed by atoms with E-state index in [1.165, 1.54) is 0 Å². The third-order valence-electron chi connectivity index (χ3n) is 3.73. The smallest absolute Gasteiger partial charge is 0.421 e. The normalized spacial score (nSPS) is 11.8. The van der Waals surface area contributed by atoms with Crippen LogP contribution in [0.15, 0.2) is 30.5 Å². The highest BCUT2D eigenvalue weighted by atomic mass is 35.5. The number of amides is 1. The molecule has 1 N–H and O–H groups in total. The number of alkyl halides is 6. The molecule has 0 atom stereocenters. The minimum Gasteiger partial charge on any atom is -0.477 e. The number of benzene rings is 1. The minimum absolute atomic E-state index is 0.0434. The Morgan fingerprint density at radius 1 is 1.16 bits per heavy atom. The van der Waals surface area contributed by atoms with E-state index >= 15 is 0 Å². The molecular formula is C17H12ClF6N3O4. The number of non-ortho nitro benzene ring substituents is 1. The summed E-state index contributed by atoms with van der Waals surface area (Å²) in [5, 5.41) is 13.1. The number of aromatic nitrogens is 1. The predicted molar refractivity (Wildman–Crippen MR) is 94.8 cm³/mol. The van der Waals surface area contributed by atoms with Crippen LogP contribution in [0, 0.1) is 10.1 Å². The number of pyridine rings is 1. The Kier molecular flexibility index (Phi) is 7.31. The van der Waals surface area contributed by atoms with E-state index in [1.807, 2.05) is 0 Å². The zero-order chi connectivity index (χ0) is 23.4. The molecule has 31 heavy (non-hydrogen) atoms. The molecule has 0 saturated heterocycles. The van der Waals surface area contributed by atoms with Gasteiger partial charge in [-0.2, -0.15) is 26.3 Å². The molecule has 2 rings (SSSR count). The van der Waals surface area contributed by atoms with Gasteiger partial charge >= 0.3 is 12.4 Å². The number of ether oxygens (including phenoxy) is 1. The van der Waals surface area contributed by atoms with Crippen LogP contribution in [-0.2, 0) is 12.4 Å². The maximum Gasteiger partial charge on any atom is 0.421 e. The van der Waals surface area contributed by atoms with Gasteiger partial charge in [0.25, 0.3) is 11.6 Å². The highest BCUT2D eigenvalue weighted by Gasteiger charge is 2.39. The van der Waals surface area contributed by atoms with Gasteiger partial charge in [-0.05, 0) is 18.6 Å². The Morgan fingerprint density at radius 2 is 1.84 bits per heavy atom. The summed E-state index contributed by atoms with van der Waals surface area (Å²) in [6.45, 7) is -0.537. The largest absolute Gasteiger partial charge is 0.477 e. The van der Waals surface area contributed by atoms with Crippen LogP contribution in [0.2, 0.25) is 5.02 Å². The van der Waals surface area contributed by atoms with Crippen molar-refractivity contribution in [3.63, 3.8) is 0 Å². The molecule has 0 spiro atoms. The van der Waals surface area contributed by atoms with Crippen molar-refractivity contribution in [3.05, 3.63) is 62.3 Å². The van der Waals surface area contributed by atoms with Crippen LogP contribution in [0.1, 0.15) is 27.9 Å². The molecule has 1 amide bonds. The molecule has 0 aliphatic carbocycles. The molecule has 14 heteroatoms. The molecule has 0 unspecified atom stereocenters. The van der Waals surface area contributed by atoms with Gasteiger partial charge in [0, 0.05) is 24.9 Å². The maximum absolute atomic E-state index is 13.0. The van der Waals surface area contributed by atoms with Gasteiger partial charge < -0.3 is 10.1 Å². The molecule has 0 bridgehead atoms. The van der Waals surface area contributed by atoms with Crippen LogP contribution in [0.3, 0.4) is 0 Å². The van der Waals surface area contributed by atoms with Crippen molar-refractivity contribution in [1.29, 1.82) is 0 Å². The van der Waals surface area contributed by atoms with Crippen LogP contribution in [0.5, 0.6) is 5.88 Å². The highest BCUT2D eigenvalue weighted by molar-refractivity contribution is 6.33. The Hall–Kier alpha value is -3.09. The van der Waals surface area contributed by atoms with Crippen molar-refractivity contribution in [2.24, 2.45) is 0 Å². The van der Waals surface area contributed by atoms with Crippen LogP contribution in [0.25, 0.3) is 0 Å². The Balaban J connectivity index is 1.97. The third kappa shape index (κ3) is 6.44. The molecule has 1 heterocycles. The zero-order valence-electron chi connectivity index (χ0n) is 15.2. The van der Waals surface area contributed by atoms with E-state index in [0.29, 0.717) is 0 Å². The van der Waals surface area contributed by atoms with Crippen LogP contribution in [-0.4, -0.2) is 29.0 Å². The maximum atomic E-state index is 13.0. The monoisotopic (exact) mass is 471 g/mol. The van der Waals surface area contributed by atoms with Crippen molar-refractivity contribution in [1.82, 2.24) is 10.3 Å². The second kappa shape index (κ2) is 9.37. The zero-order valence-corrected chi connectivity index (χ0v) is 15.9. The predicted octanol–water partition coefficient (Wildman–Crippen LogP) is 4.88. The summed E-state index contributed by atoms with van der Waals surface area (Å²) in [5.41, 5.74) is -3.81. The number of nitro groups is 1. The van der Waals surface area contributed by atoms with Gasteiger partial charge in [0.15, 0.2) is 0 Å². The molecule has 0 radical (unpaired) electrons. The molecule has 168 valence electrons. The number of rotatable bonds is 7. The molecule has 1 aromatic heterocycles. The quantitative estimate of drug-likeness (QED) is 0.269. The van der Waals surface area contributed by atoms with E-state index in [-0.39, 0.29) is 41.5 Å². The fourth-order valence-electron chi connectivity index (χ4n) is 2.26. The number of carbonyl (C=O) groups excluding carboxylic acids is 1. The first kappa shape index (κ1) is 24.2. The van der Waals surface area contributed by atoms with Crippen LogP contribution >= 0.6 is 11.6 Å². The first-order valence-electron chi connectivity index (χ1n) is 8.30. The Bertz CT molecular complexity index is 981. The van der Waals surface area contributed by atoms with Crippen LogP contribution in [0.4, 0.5) is 32.0 Å². The number of halogens is 7. The molecule has 2 aromatic rings. The summed E-state index contributed by atoms with van der Waals surface area (Å²) < 4.78 is 81.7. The van der Waals surface area contributed by atoms with Crippen molar-refractivity contribution >= 4 is 23.2 Å². The first-order chi connectivity index (χ1) is 14.3. The standard InChI is InChI=1S/C17H12ClF6N3O4/c18-13-3-2-10(27(29)30)7-11(13)14(28)25-4-1-5-31-15-12(17(22,23)24)6-9(8-26-15)16(19,20)21/h2-3,6-8H,1,4-5H2,(H,25,28). The fraction of sp³-hybridized carbons (Fsp3) is 0.294. The third-order valence-corrected chi connectivity index (χ3v) is 4.06. The lowest BCUT2D eigenvalue weighted by Crippen LogP contribution is -2.26. The lowest BCUT2D eigenvalue weighted by atomic mass is 10.2. The molecular weight excluding hydrogens is 460 g/mol. The summed E-state index contributed by atoms with van der Waals surface area (Å²) in [7, 11) is 0. The van der Waals surface area contributed by atoms with Crippen molar-refractivity contribution in [2.45, 2.75) is 18.8 Å². The summed E-state index contributed by atoms with van der Waals surface area (Å²) in [5.74, 6) is -1.80. The van der Waals surface area contributed by atoms with Gasteiger partial charge in [0.05, 0.1) is 27.7 Å². The Morgan fingerprint density at radius 3 is 2.42 bits per heavy atom. The number of nitro benzene ring substituents is 1. The van der Waals surface area contributed by atoms with Crippen molar-refractivity contribution in [3.8, 4) is 5.88 Å². The number of hydrogen-bond donors (Lipinski definition) is 1. The lowest BCUT2D eigenvalue weighted by molar-refractivity contribution is -0.384. The Labute approximate surface area is 175 Å². The van der Waals surface area contributed by atoms with Gasteiger partial charge in [0.1, 0.15) is 5.56 Å². The average molecular weight is 472 g/mol. The van der Waals surface area contributed by atoms with E-state index < -0.39 is 46.8 Å². The number of hydrogen-bond acceptors (Lipinski definition) is 5. The fourth-order valence-corrected chi connectivity index (χ4v) is 2.47. The molecule has 0 aliphatic rings. The van der Waals surface area contributed by atoms with Gasteiger partial charge in [-0.15, -0.1) is 0 Å². The number of nitrogens with zero attached hydrogens (tertiary/aromatic N) is 2. The second-order valence-electron chi connectivity index (χ2n) is 5.95. The summed E-state index contributed by atoms with van der Waals surface area (Å²) in [6, 6.07) is 3.11. The molecule has 7 nitrogen and oxygen atoms in total. The molecule has 0 fully saturated rings. The SMILES string of the molecule is O=C(NCCCOc1ncc(C(F)(F)F)cc1C(F)(F)F)c1cc([N+](=O)[O-])ccc1Cl. The first-order valence-corrected chi connectivity index (χ1v) is 8.68. The lowest BCUT2D eigenvalue weighted by Gasteiger charge is -2.15. The highest BCUT2D eigenvalue weighted by Crippen LogP contribution is 2.39. The van der Waals surface area contributed by atoms with Gasteiger partial charge in [-0.3, -0.25) is 14.9 Å². The topological polar surface area (TPSA) is 94.4 Å². The summed E-state index contributed by atoms with van der Waals surface area (Å²) in [4.78, 5) is 25.2. The van der Waals surface area contributed by atoms with Gasteiger partial charge in [-0.25, -0.2) is 4.98 Å². The molecule has 1 aromatic carbocycles. The van der Waals surface area contributed by atoms with E-state index in [1.54, 1.807) is 0 Å². The van der Waals surface area contributed by atoms with E-state index in [4.69, 9.17) is 16.3 Å². The number of carbonyl (C=O) groups is 1. The molecule has 0 aliphatic heterocycles. The van der Waals surface area contributed by atoms with E-state index in [0.717, 1.165) is 18.2 Å². The summed E-state index contributed by atoms with van der Waals surface area (Å²) >= 11 is 5.82. The molecule has 0 saturated carbocycles. The summed E-state index contributed by atoms with van der Waals surface area (Å²) in [6.07, 6.45) is -9.96.